The molecule has 115 valence electrons. The van der Waals surface area contributed by atoms with Crippen molar-refractivity contribution in [1.82, 2.24) is 9.97 Å². The zero-order chi connectivity index (χ0) is 15.8. The number of anilines is 2. The lowest BCUT2D eigenvalue weighted by Gasteiger charge is -2.20. The van der Waals surface area contributed by atoms with Crippen molar-refractivity contribution in [2.24, 2.45) is 0 Å². The lowest BCUT2D eigenvalue weighted by Crippen LogP contribution is -2.11. The molecule has 1 aromatic heterocycles. The highest BCUT2D eigenvalue weighted by atomic mass is 16.5. The molecule has 23 heavy (non-hydrogen) atoms. The zero-order valence-corrected chi connectivity index (χ0v) is 13.0. The molecule has 0 saturated heterocycles. The van der Waals surface area contributed by atoms with Crippen molar-refractivity contribution >= 4 is 22.4 Å². The van der Waals surface area contributed by atoms with Gasteiger partial charge in [0.15, 0.2) is 11.5 Å². The van der Waals surface area contributed by atoms with Crippen LogP contribution in [0, 0.1) is 6.54 Å². The highest BCUT2D eigenvalue weighted by Crippen LogP contribution is 2.40. The van der Waals surface area contributed by atoms with E-state index >= 15 is 0 Å². The minimum Gasteiger partial charge on any atom is -0.493 e. The Kier molecular flexibility index (Phi) is 3.26. The Morgan fingerprint density at radius 2 is 1.78 bits per heavy atom. The monoisotopic (exact) mass is 306 g/mol. The molecule has 0 N–H and O–H groups in total. The molecule has 0 unspecified atom stereocenters. The normalized spacial score (nSPS) is 13.2. The van der Waals surface area contributed by atoms with E-state index in [1.165, 1.54) is 5.56 Å². The summed E-state index contributed by atoms with van der Waals surface area (Å²) >= 11 is 0. The molecular weight excluding hydrogens is 290 g/mol. The molecule has 1 radical (unpaired) electrons. The Hall–Kier alpha value is -2.82. The summed E-state index contributed by atoms with van der Waals surface area (Å²) in [4.78, 5) is 11.0. The van der Waals surface area contributed by atoms with Crippen LogP contribution in [0.5, 0.6) is 11.5 Å². The van der Waals surface area contributed by atoms with Gasteiger partial charge in [-0.3, -0.25) is 0 Å². The van der Waals surface area contributed by atoms with Gasteiger partial charge >= 0.3 is 0 Å². The maximum atomic E-state index is 5.42. The number of rotatable bonds is 3. The third-order valence-corrected chi connectivity index (χ3v) is 4.09. The Morgan fingerprint density at radius 3 is 2.61 bits per heavy atom. The van der Waals surface area contributed by atoms with Gasteiger partial charge in [0.1, 0.15) is 12.1 Å². The lowest BCUT2D eigenvalue weighted by atomic mass is 10.1. The Labute approximate surface area is 134 Å². The van der Waals surface area contributed by atoms with Crippen LogP contribution < -0.4 is 14.4 Å². The van der Waals surface area contributed by atoms with E-state index in [2.05, 4.69) is 39.6 Å². The fraction of sp³-hybridized carbons (Fsp3) is 0.167. The van der Waals surface area contributed by atoms with Gasteiger partial charge in [0.2, 0.25) is 0 Å². The molecule has 2 heterocycles. The van der Waals surface area contributed by atoms with Gasteiger partial charge < -0.3 is 14.4 Å². The summed E-state index contributed by atoms with van der Waals surface area (Å²) in [6, 6.07) is 12.1. The van der Waals surface area contributed by atoms with Crippen molar-refractivity contribution in [1.29, 1.82) is 0 Å². The summed E-state index contributed by atoms with van der Waals surface area (Å²) in [6.45, 7) is 2.14. The van der Waals surface area contributed by atoms with Crippen molar-refractivity contribution in [2.75, 3.05) is 19.1 Å². The number of benzene rings is 2. The molecule has 0 bridgehead atoms. The van der Waals surface area contributed by atoms with Crippen molar-refractivity contribution in [3.63, 3.8) is 0 Å². The van der Waals surface area contributed by atoms with Crippen LogP contribution >= 0.6 is 0 Å². The van der Waals surface area contributed by atoms with Crippen LogP contribution in [-0.2, 0) is 6.42 Å². The van der Waals surface area contributed by atoms with Crippen molar-refractivity contribution in [2.45, 2.75) is 6.42 Å². The average molecular weight is 306 g/mol. The van der Waals surface area contributed by atoms with E-state index in [4.69, 9.17) is 9.47 Å². The standard InChI is InChI=1S/C18H16N3O2/c1-22-16-9-13-14(10-17(16)23-2)19-11-20-18(13)21-8-7-12-5-3-4-6-15(12)21/h3-6,8-11H,7H2,1-2H3. The third kappa shape index (κ3) is 2.16. The van der Waals surface area contributed by atoms with Crippen LogP contribution in [0.15, 0.2) is 42.7 Å². The fourth-order valence-electron chi connectivity index (χ4n) is 2.97. The van der Waals surface area contributed by atoms with E-state index in [1.54, 1.807) is 20.5 Å². The van der Waals surface area contributed by atoms with Crippen LogP contribution in [-0.4, -0.2) is 24.2 Å². The van der Waals surface area contributed by atoms with Crippen LogP contribution in [0.3, 0.4) is 0 Å². The van der Waals surface area contributed by atoms with Gasteiger partial charge in [-0.05, 0) is 24.1 Å². The highest BCUT2D eigenvalue weighted by molar-refractivity contribution is 5.95. The van der Waals surface area contributed by atoms with Gasteiger partial charge in [-0.15, -0.1) is 0 Å². The summed E-state index contributed by atoms with van der Waals surface area (Å²) in [7, 11) is 3.25. The second-order valence-electron chi connectivity index (χ2n) is 5.31. The van der Waals surface area contributed by atoms with Gasteiger partial charge in [0.25, 0.3) is 0 Å². The van der Waals surface area contributed by atoms with Gasteiger partial charge in [0.05, 0.1) is 26.3 Å². The summed E-state index contributed by atoms with van der Waals surface area (Å²) in [6.07, 6.45) is 2.48. The van der Waals surface area contributed by atoms with E-state index in [-0.39, 0.29) is 0 Å². The first-order chi connectivity index (χ1) is 11.3. The summed E-state index contributed by atoms with van der Waals surface area (Å²) < 4.78 is 10.8. The summed E-state index contributed by atoms with van der Waals surface area (Å²) in [5.41, 5.74) is 3.27. The fourth-order valence-corrected chi connectivity index (χ4v) is 2.97. The molecule has 0 saturated carbocycles. The molecule has 4 rings (SSSR count). The molecule has 3 aromatic rings. The number of aromatic nitrogens is 2. The van der Waals surface area contributed by atoms with E-state index in [0.29, 0.717) is 11.5 Å². The minimum atomic E-state index is 0.662. The van der Waals surface area contributed by atoms with Crippen molar-refractivity contribution in [3.8, 4) is 11.5 Å². The van der Waals surface area contributed by atoms with Crippen LogP contribution in [0.25, 0.3) is 10.9 Å². The number of fused-ring (bicyclic) bond motifs is 2. The lowest BCUT2D eigenvalue weighted by molar-refractivity contribution is 0.356. The van der Waals surface area contributed by atoms with Crippen molar-refractivity contribution < 1.29 is 9.47 Å². The van der Waals surface area contributed by atoms with E-state index in [0.717, 1.165) is 28.8 Å². The Balaban J connectivity index is 1.91. The maximum absolute atomic E-state index is 5.42. The third-order valence-electron chi connectivity index (χ3n) is 4.09. The zero-order valence-electron chi connectivity index (χ0n) is 13.0. The number of hydrogen-bond acceptors (Lipinski definition) is 5. The molecule has 0 fully saturated rings. The number of nitrogens with zero attached hydrogens (tertiary/aromatic N) is 3. The number of hydrogen-bond donors (Lipinski definition) is 0. The first-order valence-corrected chi connectivity index (χ1v) is 7.39. The SMILES string of the molecule is COc1cc2ncnc(N3[CH]Cc4ccccc43)c2cc1OC. The number of methoxy groups -OCH3 is 2. The second kappa shape index (κ2) is 5.43. The predicted octanol–water partition coefficient (Wildman–Crippen LogP) is 3.50. The highest BCUT2D eigenvalue weighted by Gasteiger charge is 2.23. The molecule has 0 spiro atoms. The molecule has 2 aromatic carbocycles. The van der Waals surface area contributed by atoms with Crippen LogP contribution in [0.4, 0.5) is 11.5 Å². The molecule has 0 amide bonds. The van der Waals surface area contributed by atoms with Crippen molar-refractivity contribution in [3.05, 3.63) is 54.8 Å². The Bertz CT molecular complexity index is 879. The topological polar surface area (TPSA) is 47.5 Å². The first kappa shape index (κ1) is 13.8. The summed E-state index contributed by atoms with van der Waals surface area (Å²) in [5, 5.41) is 0.929. The molecule has 1 aliphatic heterocycles. The molecule has 5 heteroatoms. The first-order valence-electron chi connectivity index (χ1n) is 7.39. The average Bonchev–Trinajstić information content (AvgIpc) is 3.03. The smallest absolute Gasteiger partial charge is 0.162 e. The maximum Gasteiger partial charge on any atom is 0.162 e. The largest absolute Gasteiger partial charge is 0.493 e. The quantitative estimate of drug-likeness (QED) is 0.741. The summed E-state index contributed by atoms with van der Waals surface area (Å²) in [5.74, 6) is 2.18. The molecule has 0 aliphatic carbocycles. The van der Waals surface area contributed by atoms with Gasteiger partial charge in [-0.1, -0.05) is 18.2 Å². The molecule has 0 atom stereocenters. The van der Waals surface area contributed by atoms with Gasteiger partial charge in [0, 0.05) is 17.1 Å². The predicted molar refractivity (Wildman–Crippen MR) is 89.2 cm³/mol. The Morgan fingerprint density at radius 1 is 1.00 bits per heavy atom. The molecule has 5 nitrogen and oxygen atoms in total. The molecule has 1 aliphatic rings. The van der Waals surface area contributed by atoms with E-state index in [9.17, 15) is 0 Å². The number of ether oxygens (including phenoxy) is 2. The second-order valence-corrected chi connectivity index (χ2v) is 5.31. The van der Waals surface area contributed by atoms with E-state index < -0.39 is 0 Å². The van der Waals surface area contributed by atoms with Gasteiger partial charge in [-0.25, -0.2) is 9.97 Å². The minimum absolute atomic E-state index is 0.662. The van der Waals surface area contributed by atoms with E-state index in [1.807, 2.05) is 18.2 Å². The van der Waals surface area contributed by atoms with Crippen LogP contribution in [0.2, 0.25) is 0 Å². The van der Waals surface area contributed by atoms with Crippen LogP contribution in [0.1, 0.15) is 5.56 Å². The number of para-hydroxylation sites is 1. The molecular formula is C18H16N3O2. The van der Waals surface area contributed by atoms with Gasteiger partial charge in [-0.2, -0.15) is 0 Å².